The van der Waals surface area contributed by atoms with Crippen LogP contribution in [0.15, 0.2) is 12.4 Å². The van der Waals surface area contributed by atoms with E-state index in [0.29, 0.717) is 6.54 Å². The van der Waals surface area contributed by atoms with E-state index >= 15 is 0 Å². The quantitative estimate of drug-likeness (QED) is 0.542. The first-order valence-corrected chi connectivity index (χ1v) is 6.98. The summed E-state index contributed by atoms with van der Waals surface area (Å²) >= 11 is 0. The first-order chi connectivity index (χ1) is 8.69. The molecular weight excluding hydrogens is 228 g/mol. The molecule has 1 N–H and O–H groups in total. The van der Waals surface area contributed by atoms with Gasteiger partial charge in [0.05, 0.1) is 13.0 Å². The van der Waals surface area contributed by atoms with Gasteiger partial charge in [0.2, 0.25) is 0 Å². The van der Waals surface area contributed by atoms with Crippen LogP contribution in [0, 0.1) is 0 Å². The van der Waals surface area contributed by atoms with Crippen molar-refractivity contribution in [1.82, 2.24) is 4.57 Å². The molecule has 0 aliphatic rings. The van der Waals surface area contributed by atoms with Crippen LogP contribution in [0.4, 0.5) is 0 Å². The lowest BCUT2D eigenvalue weighted by molar-refractivity contribution is -0.703. The SMILES string of the molecule is CCCCCc1n(CCC(=O)O)cc[n+]1CCC. The number of imidazole rings is 1. The van der Waals surface area contributed by atoms with E-state index in [4.69, 9.17) is 5.11 Å². The first kappa shape index (κ1) is 14.7. The van der Waals surface area contributed by atoms with Crippen molar-refractivity contribution < 1.29 is 14.5 Å². The number of hydrogen-bond donors (Lipinski definition) is 1. The predicted octanol–water partition coefficient (Wildman–Crippen LogP) is 2.39. The van der Waals surface area contributed by atoms with Gasteiger partial charge in [0.15, 0.2) is 0 Å². The summed E-state index contributed by atoms with van der Waals surface area (Å²) in [6.07, 6.45) is 10.1. The highest BCUT2D eigenvalue weighted by atomic mass is 16.4. The van der Waals surface area contributed by atoms with Crippen LogP contribution in [0.3, 0.4) is 0 Å². The fourth-order valence-corrected chi connectivity index (χ4v) is 2.18. The fraction of sp³-hybridized carbons (Fsp3) is 0.714. The molecule has 0 amide bonds. The maximum absolute atomic E-state index is 10.7. The first-order valence-electron chi connectivity index (χ1n) is 6.98. The Morgan fingerprint density at radius 2 is 2.11 bits per heavy atom. The summed E-state index contributed by atoms with van der Waals surface area (Å²) in [7, 11) is 0. The Bertz CT molecular complexity index is 372. The van der Waals surface area contributed by atoms with Crippen molar-refractivity contribution in [3.63, 3.8) is 0 Å². The lowest BCUT2D eigenvalue weighted by Gasteiger charge is -2.03. The molecule has 0 atom stereocenters. The molecule has 102 valence electrons. The van der Waals surface area contributed by atoms with Crippen molar-refractivity contribution in [3.8, 4) is 0 Å². The number of carboxylic acid groups (broad SMARTS) is 1. The van der Waals surface area contributed by atoms with E-state index in [9.17, 15) is 4.79 Å². The molecule has 18 heavy (non-hydrogen) atoms. The molecule has 0 saturated heterocycles. The van der Waals surface area contributed by atoms with Crippen molar-refractivity contribution in [2.24, 2.45) is 0 Å². The Kier molecular flexibility index (Phi) is 6.47. The molecule has 0 radical (unpaired) electrons. The molecule has 0 unspecified atom stereocenters. The van der Waals surface area contributed by atoms with Crippen molar-refractivity contribution >= 4 is 5.97 Å². The van der Waals surface area contributed by atoms with Crippen molar-refractivity contribution in [3.05, 3.63) is 18.2 Å². The van der Waals surface area contributed by atoms with Gasteiger partial charge in [-0.05, 0) is 12.8 Å². The highest BCUT2D eigenvalue weighted by molar-refractivity contribution is 5.66. The maximum atomic E-state index is 10.7. The number of rotatable bonds is 9. The Morgan fingerprint density at radius 1 is 1.33 bits per heavy atom. The molecule has 0 spiro atoms. The average Bonchev–Trinajstić information content (AvgIpc) is 2.70. The van der Waals surface area contributed by atoms with E-state index in [0.717, 1.165) is 19.4 Å². The van der Waals surface area contributed by atoms with Crippen LogP contribution in [0.1, 0.15) is 51.8 Å². The summed E-state index contributed by atoms with van der Waals surface area (Å²) in [5.74, 6) is 0.539. The highest BCUT2D eigenvalue weighted by Crippen LogP contribution is 2.05. The molecule has 1 rings (SSSR count). The maximum Gasteiger partial charge on any atom is 0.307 e. The number of carbonyl (C=O) groups is 1. The highest BCUT2D eigenvalue weighted by Gasteiger charge is 2.16. The average molecular weight is 253 g/mol. The smallest absolute Gasteiger partial charge is 0.307 e. The van der Waals surface area contributed by atoms with Crippen LogP contribution in [0.5, 0.6) is 0 Å². The zero-order chi connectivity index (χ0) is 13.4. The van der Waals surface area contributed by atoms with Crippen LogP contribution < -0.4 is 4.57 Å². The number of aromatic nitrogens is 2. The molecule has 1 aromatic rings. The van der Waals surface area contributed by atoms with E-state index in [-0.39, 0.29) is 6.42 Å². The van der Waals surface area contributed by atoms with Crippen molar-refractivity contribution in [1.29, 1.82) is 0 Å². The minimum absolute atomic E-state index is 0.196. The predicted molar refractivity (Wildman–Crippen MR) is 70.4 cm³/mol. The summed E-state index contributed by atoms with van der Waals surface area (Å²) in [4.78, 5) is 10.7. The van der Waals surface area contributed by atoms with Crippen molar-refractivity contribution in [2.75, 3.05) is 0 Å². The molecule has 0 bridgehead atoms. The molecule has 0 aliphatic carbocycles. The Labute approximate surface area is 109 Å². The third-order valence-corrected chi connectivity index (χ3v) is 3.12. The molecule has 0 fully saturated rings. The van der Waals surface area contributed by atoms with E-state index < -0.39 is 5.97 Å². The fourth-order valence-electron chi connectivity index (χ4n) is 2.18. The standard InChI is InChI=1S/C14H24N2O2/c1-3-5-6-7-13-15(9-4-2)11-12-16(13)10-8-14(17)18/h11-12H,3-10H2,1-2H3/p+1. The summed E-state index contributed by atoms with van der Waals surface area (Å²) in [5.41, 5.74) is 0. The summed E-state index contributed by atoms with van der Waals surface area (Å²) in [5, 5.41) is 8.77. The Morgan fingerprint density at radius 3 is 2.72 bits per heavy atom. The summed E-state index contributed by atoms with van der Waals surface area (Å²) < 4.78 is 4.36. The summed E-state index contributed by atoms with van der Waals surface area (Å²) in [6, 6.07) is 0. The Balaban J connectivity index is 2.71. The lowest BCUT2D eigenvalue weighted by Crippen LogP contribution is -2.37. The van der Waals surface area contributed by atoms with Gasteiger partial charge < -0.3 is 5.11 Å². The summed E-state index contributed by atoms with van der Waals surface area (Å²) in [6.45, 7) is 5.95. The van der Waals surface area contributed by atoms with Crippen LogP contribution in [-0.2, 0) is 24.3 Å². The second kappa shape index (κ2) is 7.90. The molecule has 0 saturated carbocycles. The largest absolute Gasteiger partial charge is 0.481 e. The number of carboxylic acids is 1. The zero-order valence-electron chi connectivity index (χ0n) is 11.6. The molecule has 0 aliphatic heterocycles. The topological polar surface area (TPSA) is 46.1 Å². The van der Waals surface area contributed by atoms with E-state index in [2.05, 4.69) is 29.2 Å². The van der Waals surface area contributed by atoms with Gasteiger partial charge in [-0.3, -0.25) is 4.79 Å². The third-order valence-electron chi connectivity index (χ3n) is 3.12. The van der Waals surface area contributed by atoms with Gasteiger partial charge >= 0.3 is 5.97 Å². The van der Waals surface area contributed by atoms with Gasteiger partial charge in [0.25, 0.3) is 5.82 Å². The number of unbranched alkanes of at least 4 members (excludes halogenated alkanes) is 2. The normalized spacial score (nSPS) is 10.8. The molecule has 4 heteroatoms. The lowest BCUT2D eigenvalue weighted by atomic mass is 10.2. The van der Waals surface area contributed by atoms with Crippen LogP contribution in [0.2, 0.25) is 0 Å². The monoisotopic (exact) mass is 253 g/mol. The van der Waals surface area contributed by atoms with Crippen LogP contribution >= 0.6 is 0 Å². The minimum atomic E-state index is -0.731. The van der Waals surface area contributed by atoms with Gasteiger partial charge in [-0.15, -0.1) is 0 Å². The van der Waals surface area contributed by atoms with Gasteiger partial charge in [-0.2, -0.15) is 0 Å². The van der Waals surface area contributed by atoms with Gasteiger partial charge in [0.1, 0.15) is 18.9 Å². The molecule has 0 aromatic carbocycles. The van der Waals surface area contributed by atoms with Crippen LogP contribution in [-0.4, -0.2) is 15.6 Å². The number of aryl methyl sites for hydroxylation is 2. The second-order valence-electron chi connectivity index (χ2n) is 4.70. The molecule has 1 aromatic heterocycles. The molecular formula is C14H25N2O2+. The van der Waals surface area contributed by atoms with E-state index in [1.165, 1.54) is 25.1 Å². The third kappa shape index (κ3) is 4.51. The molecule has 4 nitrogen and oxygen atoms in total. The van der Waals surface area contributed by atoms with Crippen LogP contribution in [0.25, 0.3) is 0 Å². The van der Waals surface area contributed by atoms with Gasteiger partial charge in [-0.25, -0.2) is 9.13 Å². The van der Waals surface area contributed by atoms with Crippen molar-refractivity contribution in [2.45, 2.75) is 65.5 Å². The number of hydrogen-bond acceptors (Lipinski definition) is 1. The van der Waals surface area contributed by atoms with E-state index in [1.54, 1.807) is 0 Å². The van der Waals surface area contributed by atoms with E-state index in [1.807, 2.05) is 6.20 Å². The molecule has 1 heterocycles. The number of aliphatic carboxylic acids is 1. The second-order valence-corrected chi connectivity index (χ2v) is 4.70. The zero-order valence-corrected chi connectivity index (χ0v) is 11.6. The van der Waals surface area contributed by atoms with Gasteiger partial charge in [-0.1, -0.05) is 26.7 Å². The van der Waals surface area contributed by atoms with Gasteiger partial charge in [0, 0.05) is 6.42 Å². The number of nitrogens with zero attached hydrogens (tertiary/aromatic N) is 2. The minimum Gasteiger partial charge on any atom is -0.481 e. The Hall–Kier alpha value is -1.32.